The number of benzene rings is 3. The molecule has 1 saturated heterocycles. The maximum Gasteiger partial charge on any atom is 0.488 e. The number of hydrogen-bond donors (Lipinski definition) is 2. The Hall–Kier alpha value is -2.13. The highest BCUT2D eigenvalue weighted by Crippen LogP contribution is 2.38. The van der Waals surface area contributed by atoms with Gasteiger partial charge in [-0.25, -0.2) is 0 Å². The molecular formula is C29H37BClNO4Si. The lowest BCUT2D eigenvalue weighted by atomic mass is 9.80. The number of ether oxygens (including phenoxy) is 1. The first kappa shape index (κ1) is 27.9. The van der Waals surface area contributed by atoms with Crippen molar-refractivity contribution >= 4 is 42.9 Å². The Labute approximate surface area is 227 Å². The quantitative estimate of drug-likeness (QED) is 0.410. The lowest BCUT2D eigenvalue weighted by Gasteiger charge is -2.46. The van der Waals surface area contributed by atoms with Crippen LogP contribution in [0.15, 0.2) is 78.9 Å². The van der Waals surface area contributed by atoms with Gasteiger partial charge in [-0.3, -0.25) is 4.90 Å². The monoisotopic (exact) mass is 537 g/mol. The highest BCUT2D eigenvalue weighted by molar-refractivity contribution is 6.99. The number of halogens is 1. The Kier molecular flexibility index (Phi) is 9.16. The summed E-state index contributed by atoms with van der Waals surface area (Å²) < 4.78 is 13.2. The molecule has 0 saturated carbocycles. The van der Waals surface area contributed by atoms with Crippen molar-refractivity contribution in [2.45, 2.75) is 44.8 Å². The Morgan fingerprint density at radius 2 is 1.49 bits per heavy atom. The molecule has 3 aromatic rings. The maximum absolute atomic E-state index is 9.29. The third kappa shape index (κ3) is 6.48. The maximum atomic E-state index is 9.29. The molecule has 2 N–H and O–H groups in total. The molecule has 37 heavy (non-hydrogen) atoms. The van der Waals surface area contributed by atoms with E-state index in [0.717, 1.165) is 32.5 Å². The van der Waals surface area contributed by atoms with Crippen LogP contribution in [0.25, 0.3) is 0 Å². The van der Waals surface area contributed by atoms with Crippen LogP contribution in [0, 0.1) is 0 Å². The van der Waals surface area contributed by atoms with Gasteiger partial charge in [0.25, 0.3) is 8.32 Å². The molecule has 1 aliphatic heterocycles. The number of piperidine rings is 1. The summed E-state index contributed by atoms with van der Waals surface area (Å²) in [5.41, 5.74) is 0.348. The first-order valence-corrected chi connectivity index (χ1v) is 15.3. The molecule has 0 unspecified atom stereocenters. The van der Waals surface area contributed by atoms with Gasteiger partial charge in [-0.1, -0.05) is 99.1 Å². The number of nitrogens with zero attached hydrogens (tertiary/aromatic N) is 1. The van der Waals surface area contributed by atoms with E-state index in [4.69, 9.17) is 20.8 Å². The van der Waals surface area contributed by atoms with Crippen molar-refractivity contribution in [2.75, 3.05) is 26.2 Å². The summed E-state index contributed by atoms with van der Waals surface area (Å²) >= 11 is 6.24. The van der Waals surface area contributed by atoms with E-state index in [1.807, 2.05) is 0 Å². The summed E-state index contributed by atoms with van der Waals surface area (Å²) in [5, 5.41) is 21.6. The molecule has 8 heteroatoms. The lowest BCUT2D eigenvalue weighted by molar-refractivity contribution is 0.0850. The second kappa shape index (κ2) is 12.2. The average Bonchev–Trinajstić information content (AvgIpc) is 2.89. The van der Waals surface area contributed by atoms with Crippen LogP contribution in [0.2, 0.25) is 10.1 Å². The van der Waals surface area contributed by atoms with Gasteiger partial charge in [0.05, 0.1) is 5.02 Å². The SMILES string of the molecule is CC(C)(C)[Si](OC1CCN(CCOc2ccc(B(O)O)cc2Cl)CC1)(c1ccccc1)c1ccccc1. The van der Waals surface area contributed by atoms with Gasteiger partial charge >= 0.3 is 7.12 Å². The molecule has 1 heterocycles. The Bertz CT molecular complexity index is 1100. The third-order valence-corrected chi connectivity index (χ3v) is 12.6. The van der Waals surface area contributed by atoms with Gasteiger partial charge in [0.2, 0.25) is 0 Å². The summed E-state index contributed by atoms with van der Waals surface area (Å²) in [6, 6.07) is 26.5. The van der Waals surface area contributed by atoms with E-state index >= 15 is 0 Å². The minimum atomic E-state index is -2.54. The largest absolute Gasteiger partial charge is 0.491 e. The fourth-order valence-corrected chi connectivity index (χ4v) is 10.3. The minimum Gasteiger partial charge on any atom is -0.491 e. The fraction of sp³-hybridized carbons (Fsp3) is 0.379. The van der Waals surface area contributed by atoms with E-state index in [1.165, 1.54) is 16.4 Å². The molecule has 0 aromatic heterocycles. The average molecular weight is 538 g/mol. The Morgan fingerprint density at radius 3 is 1.97 bits per heavy atom. The summed E-state index contributed by atoms with van der Waals surface area (Å²) in [6.07, 6.45) is 2.17. The van der Waals surface area contributed by atoms with Crippen LogP contribution in [0.3, 0.4) is 0 Å². The zero-order chi connectivity index (χ0) is 26.5. The van der Waals surface area contributed by atoms with Crippen molar-refractivity contribution in [3.8, 4) is 5.75 Å². The predicted octanol–water partition coefficient (Wildman–Crippen LogP) is 3.44. The molecule has 0 spiro atoms. The Balaban J connectivity index is 1.40. The van der Waals surface area contributed by atoms with E-state index in [9.17, 15) is 10.0 Å². The van der Waals surface area contributed by atoms with Crippen LogP contribution in [0.5, 0.6) is 5.75 Å². The highest BCUT2D eigenvalue weighted by atomic mass is 35.5. The van der Waals surface area contributed by atoms with Crippen molar-refractivity contribution in [1.82, 2.24) is 4.90 Å². The van der Waals surface area contributed by atoms with Crippen LogP contribution < -0.4 is 20.6 Å². The van der Waals surface area contributed by atoms with Crippen LogP contribution in [0.1, 0.15) is 33.6 Å². The lowest BCUT2D eigenvalue weighted by Crippen LogP contribution is -2.68. The summed E-state index contributed by atoms with van der Waals surface area (Å²) in [6.45, 7) is 10.2. The molecule has 196 valence electrons. The van der Waals surface area contributed by atoms with Crippen LogP contribution in [0.4, 0.5) is 0 Å². The highest BCUT2D eigenvalue weighted by Gasteiger charge is 2.51. The first-order chi connectivity index (χ1) is 17.7. The summed E-state index contributed by atoms with van der Waals surface area (Å²) in [7, 11) is -4.08. The minimum absolute atomic E-state index is 0.0262. The van der Waals surface area contributed by atoms with Gasteiger partial charge in [0.1, 0.15) is 12.4 Å². The second-order valence-corrected chi connectivity index (χ2v) is 15.4. The van der Waals surface area contributed by atoms with Crippen LogP contribution >= 0.6 is 11.6 Å². The van der Waals surface area contributed by atoms with Crippen molar-refractivity contribution in [3.05, 3.63) is 83.9 Å². The molecule has 0 bridgehead atoms. The number of rotatable bonds is 9. The van der Waals surface area contributed by atoms with Gasteiger partial charge in [-0.15, -0.1) is 0 Å². The Morgan fingerprint density at radius 1 is 0.919 bits per heavy atom. The molecule has 1 fully saturated rings. The van der Waals surface area contributed by atoms with Crippen molar-refractivity contribution in [3.63, 3.8) is 0 Å². The van der Waals surface area contributed by atoms with Crippen molar-refractivity contribution in [1.29, 1.82) is 0 Å². The second-order valence-electron chi connectivity index (χ2n) is 10.7. The third-order valence-electron chi connectivity index (χ3n) is 7.21. The van der Waals surface area contributed by atoms with Crippen LogP contribution in [-0.4, -0.2) is 62.7 Å². The summed E-state index contributed by atoms with van der Waals surface area (Å²) in [4.78, 5) is 2.41. The normalized spacial score (nSPS) is 15.5. The van der Waals surface area contributed by atoms with Gasteiger partial charge in [0, 0.05) is 25.7 Å². The number of likely N-dealkylation sites (tertiary alicyclic amines) is 1. The molecule has 0 aliphatic carbocycles. The van der Waals surface area contributed by atoms with Gasteiger partial charge in [-0.2, -0.15) is 0 Å². The van der Waals surface area contributed by atoms with E-state index in [-0.39, 0.29) is 11.1 Å². The van der Waals surface area contributed by atoms with Gasteiger partial charge < -0.3 is 19.2 Å². The van der Waals surface area contributed by atoms with Crippen molar-refractivity contribution in [2.24, 2.45) is 0 Å². The number of hydrogen-bond acceptors (Lipinski definition) is 5. The van der Waals surface area contributed by atoms with Gasteiger partial charge in [0.15, 0.2) is 0 Å². The molecule has 0 amide bonds. The fourth-order valence-electron chi connectivity index (χ4n) is 5.27. The molecule has 0 radical (unpaired) electrons. The zero-order valence-corrected chi connectivity index (χ0v) is 23.7. The van der Waals surface area contributed by atoms with Crippen LogP contribution in [-0.2, 0) is 4.43 Å². The van der Waals surface area contributed by atoms with E-state index in [2.05, 4.69) is 86.3 Å². The molecule has 4 rings (SSSR count). The zero-order valence-electron chi connectivity index (χ0n) is 21.9. The first-order valence-electron chi connectivity index (χ1n) is 13.0. The molecule has 0 atom stereocenters. The molecular weight excluding hydrogens is 501 g/mol. The molecule has 3 aromatic carbocycles. The standard InChI is InChI=1S/C29H37BClNO4Si/c1-29(2,3)37(25-10-6-4-7-11-25,26-12-8-5-9-13-26)36-24-16-18-32(19-17-24)20-21-35-28-15-14-23(30(33)34)22-27(28)31/h4-15,22,24,33-34H,16-21H2,1-3H3. The van der Waals surface area contributed by atoms with E-state index in [1.54, 1.807) is 12.1 Å². The smallest absolute Gasteiger partial charge is 0.488 e. The predicted molar refractivity (Wildman–Crippen MR) is 155 cm³/mol. The van der Waals surface area contributed by atoms with Crippen molar-refractivity contribution < 1.29 is 19.2 Å². The van der Waals surface area contributed by atoms with E-state index < -0.39 is 15.4 Å². The van der Waals surface area contributed by atoms with E-state index in [0.29, 0.717) is 22.8 Å². The summed E-state index contributed by atoms with van der Waals surface area (Å²) in [5.74, 6) is 0.552. The molecule has 1 aliphatic rings. The topological polar surface area (TPSA) is 62.2 Å². The molecule has 5 nitrogen and oxygen atoms in total. The van der Waals surface area contributed by atoms with Gasteiger partial charge in [-0.05, 0) is 45.8 Å².